The summed E-state index contributed by atoms with van der Waals surface area (Å²) in [5.74, 6) is -0.971. The Hall–Kier alpha value is -3.33. The Labute approximate surface area is 170 Å². The van der Waals surface area contributed by atoms with Crippen molar-refractivity contribution in [2.75, 3.05) is 32.2 Å². The Kier molecular flexibility index (Phi) is 5.84. The molecule has 2 aromatic carbocycles. The Morgan fingerprint density at radius 2 is 1.73 bits per heavy atom. The molecule has 2 aromatic rings. The third-order valence-electron chi connectivity index (χ3n) is 4.69. The van der Waals surface area contributed by atoms with Crippen LogP contribution < -0.4 is 9.64 Å². The lowest BCUT2D eigenvalue weighted by atomic mass is 10.0. The summed E-state index contributed by atoms with van der Waals surface area (Å²) >= 11 is 0. The Morgan fingerprint density at radius 3 is 2.30 bits per heavy atom. The van der Waals surface area contributed by atoms with Crippen molar-refractivity contribution in [3.05, 3.63) is 65.4 Å². The van der Waals surface area contributed by atoms with Gasteiger partial charge in [0.2, 0.25) is 0 Å². The summed E-state index contributed by atoms with van der Waals surface area (Å²) in [6.07, 6.45) is -4.62. The molecule has 1 heterocycles. The molecule has 0 fully saturated rings. The number of carbonyl (C=O) groups is 2. The normalized spacial score (nSPS) is 14.5. The van der Waals surface area contributed by atoms with E-state index in [0.717, 1.165) is 23.1 Å². The van der Waals surface area contributed by atoms with Crippen LogP contribution in [-0.2, 0) is 15.8 Å². The van der Waals surface area contributed by atoms with E-state index in [1.54, 1.807) is 24.3 Å². The van der Waals surface area contributed by atoms with Gasteiger partial charge in [0.25, 0.3) is 11.8 Å². The number of likely N-dealkylation sites (N-methyl/N-ethyl adjacent to an activating group) is 1. The highest BCUT2D eigenvalue weighted by atomic mass is 19.4. The second kappa shape index (κ2) is 8.19. The van der Waals surface area contributed by atoms with Crippen molar-refractivity contribution in [2.45, 2.75) is 6.18 Å². The van der Waals surface area contributed by atoms with Crippen molar-refractivity contribution in [1.82, 2.24) is 4.90 Å². The number of aliphatic hydroxyl groups is 1. The van der Waals surface area contributed by atoms with Crippen molar-refractivity contribution >= 4 is 23.1 Å². The molecule has 2 amide bonds. The number of anilines is 1. The van der Waals surface area contributed by atoms with Crippen molar-refractivity contribution in [3.63, 3.8) is 0 Å². The van der Waals surface area contributed by atoms with Gasteiger partial charge in [-0.05, 0) is 35.9 Å². The van der Waals surface area contributed by atoms with E-state index in [2.05, 4.69) is 0 Å². The topological polar surface area (TPSA) is 70.1 Å². The van der Waals surface area contributed by atoms with Gasteiger partial charge in [0, 0.05) is 13.6 Å². The van der Waals surface area contributed by atoms with Crippen LogP contribution in [0.3, 0.4) is 0 Å². The number of aliphatic hydroxyl groups excluding tert-OH is 1. The lowest BCUT2D eigenvalue weighted by molar-refractivity contribution is -0.137. The lowest BCUT2D eigenvalue weighted by Crippen LogP contribution is -2.35. The number of carbonyl (C=O) groups excluding carboxylic acids is 2. The number of nitrogens with zero attached hydrogens (tertiary/aromatic N) is 2. The van der Waals surface area contributed by atoms with Crippen molar-refractivity contribution in [2.24, 2.45) is 0 Å². The second-order valence-electron chi connectivity index (χ2n) is 6.59. The molecule has 9 heteroatoms. The predicted molar refractivity (Wildman–Crippen MR) is 104 cm³/mol. The fraction of sp³-hybridized carbons (Fsp3) is 0.238. The zero-order valence-corrected chi connectivity index (χ0v) is 16.2. The smallest absolute Gasteiger partial charge is 0.416 e. The summed E-state index contributed by atoms with van der Waals surface area (Å²) in [6.45, 7) is -0.217. The third kappa shape index (κ3) is 3.88. The van der Waals surface area contributed by atoms with Gasteiger partial charge >= 0.3 is 6.18 Å². The maximum absolute atomic E-state index is 13.2. The Balaban J connectivity index is 2.11. The van der Waals surface area contributed by atoms with E-state index in [-0.39, 0.29) is 30.1 Å². The van der Waals surface area contributed by atoms with Crippen LogP contribution in [0.15, 0.2) is 54.2 Å². The number of benzene rings is 2. The monoisotopic (exact) mass is 420 g/mol. The fourth-order valence-corrected chi connectivity index (χ4v) is 3.21. The zero-order chi connectivity index (χ0) is 22.1. The van der Waals surface area contributed by atoms with Crippen LogP contribution in [0.2, 0.25) is 0 Å². The first kappa shape index (κ1) is 21.4. The van der Waals surface area contributed by atoms with Crippen LogP contribution in [-0.4, -0.2) is 49.1 Å². The molecule has 3 rings (SSSR count). The number of methoxy groups -OCH3 is 1. The number of alkyl halides is 3. The number of rotatable bonds is 6. The quantitative estimate of drug-likeness (QED) is 0.728. The molecule has 0 saturated carbocycles. The molecule has 1 N–H and O–H groups in total. The molecule has 30 heavy (non-hydrogen) atoms. The lowest BCUT2D eigenvalue weighted by Gasteiger charge is -2.21. The molecule has 0 saturated heterocycles. The maximum atomic E-state index is 13.2. The number of halogens is 3. The van der Waals surface area contributed by atoms with Gasteiger partial charge in [0.05, 0.1) is 30.5 Å². The number of imide groups is 1. The molecule has 0 unspecified atom stereocenters. The largest absolute Gasteiger partial charge is 0.497 e. The fourth-order valence-electron chi connectivity index (χ4n) is 3.21. The minimum atomic E-state index is -4.62. The highest BCUT2D eigenvalue weighted by Gasteiger charge is 2.42. The van der Waals surface area contributed by atoms with E-state index in [4.69, 9.17) is 4.74 Å². The maximum Gasteiger partial charge on any atom is 0.416 e. The minimum absolute atomic E-state index is 0.00312. The molecule has 6 nitrogen and oxygen atoms in total. The molecular formula is C21H19F3N2O4. The molecule has 158 valence electrons. The van der Waals surface area contributed by atoms with E-state index in [1.165, 1.54) is 25.1 Å². The van der Waals surface area contributed by atoms with Crippen molar-refractivity contribution in [1.29, 1.82) is 0 Å². The molecule has 1 aliphatic heterocycles. The van der Waals surface area contributed by atoms with Crippen molar-refractivity contribution in [3.8, 4) is 5.75 Å². The van der Waals surface area contributed by atoms with E-state index < -0.39 is 23.6 Å². The molecule has 0 radical (unpaired) electrons. The number of amides is 2. The van der Waals surface area contributed by atoms with Gasteiger partial charge in [0.15, 0.2) is 0 Å². The summed E-state index contributed by atoms with van der Waals surface area (Å²) in [5, 5.41) is 9.27. The van der Waals surface area contributed by atoms with Gasteiger partial charge < -0.3 is 14.7 Å². The summed E-state index contributed by atoms with van der Waals surface area (Å²) < 4.78 is 44.5. The Morgan fingerprint density at radius 1 is 1.07 bits per heavy atom. The van der Waals surface area contributed by atoms with Crippen LogP contribution in [0, 0.1) is 0 Å². The summed E-state index contributed by atoms with van der Waals surface area (Å²) in [7, 11) is 3.00. The molecular weight excluding hydrogens is 401 g/mol. The van der Waals surface area contributed by atoms with E-state index in [9.17, 15) is 27.9 Å². The van der Waals surface area contributed by atoms with E-state index in [1.807, 2.05) is 0 Å². The average Bonchev–Trinajstić information content (AvgIpc) is 2.98. The zero-order valence-electron chi connectivity index (χ0n) is 16.2. The minimum Gasteiger partial charge on any atom is -0.497 e. The van der Waals surface area contributed by atoms with Gasteiger partial charge in [0.1, 0.15) is 11.4 Å². The number of hydrogen-bond acceptors (Lipinski definition) is 5. The predicted octanol–water partition coefficient (Wildman–Crippen LogP) is 2.92. The Bertz CT molecular complexity index is 1000. The van der Waals surface area contributed by atoms with Crippen LogP contribution in [0.1, 0.15) is 11.1 Å². The van der Waals surface area contributed by atoms with Gasteiger partial charge in [-0.25, -0.2) is 4.90 Å². The van der Waals surface area contributed by atoms with Crippen LogP contribution in [0.5, 0.6) is 5.75 Å². The highest BCUT2D eigenvalue weighted by molar-refractivity contribution is 6.45. The van der Waals surface area contributed by atoms with E-state index in [0.29, 0.717) is 11.3 Å². The van der Waals surface area contributed by atoms with Crippen molar-refractivity contribution < 1.29 is 32.6 Å². The average molecular weight is 420 g/mol. The van der Waals surface area contributed by atoms with Gasteiger partial charge in [-0.1, -0.05) is 18.2 Å². The molecule has 0 aromatic heterocycles. The van der Waals surface area contributed by atoms with Gasteiger partial charge in [-0.2, -0.15) is 13.2 Å². The SMILES string of the molecule is COc1ccc(C2=C(N(C)CCO)C(=O)N(c3cccc(C(F)(F)F)c3)C2=O)cc1. The highest BCUT2D eigenvalue weighted by Crippen LogP contribution is 2.37. The summed E-state index contributed by atoms with van der Waals surface area (Å²) in [6, 6.07) is 10.4. The van der Waals surface area contributed by atoms with E-state index >= 15 is 0 Å². The van der Waals surface area contributed by atoms with Gasteiger partial charge in [-0.3, -0.25) is 9.59 Å². The third-order valence-corrected chi connectivity index (χ3v) is 4.69. The molecule has 0 spiro atoms. The molecule has 0 atom stereocenters. The summed E-state index contributed by atoms with van der Waals surface area (Å²) in [5.41, 5.74) is -0.710. The number of hydrogen-bond donors (Lipinski definition) is 1. The van der Waals surface area contributed by atoms with Crippen LogP contribution in [0.25, 0.3) is 5.57 Å². The second-order valence-corrected chi connectivity index (χ2v) is 6.59. The molecule has 1 aliphatic rings. The standard InChI is InChI=1S/C21H19F3N2O4/c1-25(10-11-27)18-17(13-6-8-16(30-2)9-7-13)19(28)26(20(18)29)15-5-3-4-14(12-15)21(22,23)24/h3-9,12,27H,10-11H2,1-2H3. The molecule has 0 aliphatic carbocycles. The van der Waals surface area contributed by atoms with Gasteiger partial charge in [-0.15, -0.1) is 0 Å². The first-order chi connectivity index (χ1) is 14.2. The number of ether oxygens (including phenoxy) is 1. The van der Waals surface area contributed by atoms with Crippen LogP contribution in [0.4, 0.5) is 18.9 Å². The first-order valence-electron chi connectivity index (χ1n) is 8.95. The summed E-state index contributed by atoms with van der Waals surface area (Å²) in [4.78, 5) is 28.4. The molecule has 0 bridgehead atoms. The first-order valence-corrected chi connectivity index (χ1v) is 8.95. The van der Waals surface area contributed by atoms with Crippen LogP contribution >= 0.6 is 0 Å².